The summed E-state index contributed by atoms with van der Waals surface area (Å²) >= 11 is 0. The van der Waals surface area contributed by atoms with Crippen LogP contribution in [0.15, 0.2) is 0 Å². The van der Waals surface area contributed by atoms with Crippen LogP contribution in [-0.2, 0) is 28.6 Å². The third-order valence-corrected chi connectivity index (χ3v) is 12.4. The van der Waals surface area contributed by atoms with Crippen LogP contribution < -0.4 is 0 Å². The van der Waals surface area contributed by atoms with Crippen molar-refractivity contribution in [2.24, 2.45) is 0 Å². The molecule has 356 valence electrons. The van der Waals surface area contributed by atoms with E-state index in [1.54, 1.807) is 0 Å². The molecule has 0 aromatic rings. The van der Waals surface area contributed by atoms with E-state index >= 15 is 0 Å². The molecule has 0 aromatic heterocycles. The molecule has 0 fully saturated rings. The molecule has 0 saturated heterocycles. The van der Waals surface area contributed by atoms with Crippen LogP contribution in [0, 0.1) is 0 Å². The lowest BCUT2D eigenvalue weighted by Gasteiger charge is -2.18. The molecule has 0 saturated carbocycles. The summed E-state index contributed by atoms with van der Waals surface area (Å²) in [4.78, 5) is 37.6. The second kappa shape index (κ2) is 50.1. The summed E-state index contributed by atoms with van der Waals surface area (Å²) in [7, 11) is 0. The molecule has 60 heavy (non-hydrogen) atoms. The molecule has 1 unspecified atom stereocenters. The van der Waals surface area contributed by atoms with Gasteiger partial charge in [0.15, 0.2) is 6.10 Å². The number of ether oxygens (including phenoxy) is 3. The third-order valence-electron chi connectivity index (χ3n) is 12.4. The third kappa shape index (κ3) is 47.5. The van der Waals surface area contributed by atoms with Gasteiger partial charge in [-0.1, -0.05) is 271 Å². The molecule has 1 atom stereocenters. The fourth-order valence-corrected chi connectivity index (χ4v) is 8.27. The van der Waals surface area contributed by atoms with Gasteiger partial charge in [-0.2, -0.15) is 0 Å². The van der Waals surface area contributed by atoms with E-state index in [9.17, 15) is 14.4 Å². The van der Waals surface area contributed by atoms with E-state index in [4.69, 9.17) is 14.2 Å². The molecule has 0 amide bonds. The zero-order valence-corrected chi connectivity index (χ0v) is 40.8. The van der Waals surface area contributed by atoms with Crippen molar-refractivity contribution in [3.8, 4) is 0 Å². The number of unbranched alkanes of at least 4 members (excludes halogenated alkanes) is 39. The van der Waals surface area contributed by atoms with Crippen molar-refractivity contribution in [1.82, 2.24) is 0 Å². The van der Waals surface area contributed by atoms with Crippen molar-refractivity contribution in [1.29, 1.82) is 0 Å². The Labute approximate surface area is 374 Å². The van der Waals surface area contributed by atoms with Gasteiger partial charge in [0.25, 0.3) is 0 Å². The fraction of sp³-hybridized carbons (Fsp3) is 0.944. The number of carbonyl (C=O) groups is 3. The van der Waals surface area contributed by atoms with Gasteiger partial charge in [0.2, 0.25) is 0 Å². The van der Waals surface area contributed by atoms with Gasteiger partial charge < -0.3 is 14.2 Å². The first-order chi connectivity index (χ1) is 29.5. The maximum Gasteiger partial charge on any atom is 0.306 e. The van der Waals surface area contributed by atoms with E-state index < -0.39 is 6.10 Å². The molecular formula is C54H104O6. The Bertz CT molecular complexity index is 889. The maximum atomic E-state index is 12.7. The highest BCUT2D eigenvalue weighted by Crippen LogP contribution is 2.17. The summed E-state index contributed by atoms with van der Waals surface area (Å²) in [5, 5.41) is 0. The highest BCUT2D eigenvalue weighted by atomic mass is 16.6. The van der Waals surface area contributed by atoms with Crippen molar-refractivity contribution < 1.29 is 28.6 Å². The van der Waals surface area contributed by atoms with Gasteiger partial charge in [0.05, 0.1) is 0 Å². The van der Waals surface area contributed by atoms with Gasteiger partial charge in [-0.15, -0.1) is 0 Å². The first-order valence-electron chi connectivity index (χ1n) is 27.0. The minimum Gasteiger partial charge on any atom is -0.462 e. The molecule has 0 N–H and O–H groups in total. The van der Waals surface area contributed by atoms with E-state index in [0.717, 1.165) is 64.2 Å². The number of carbonyl (C=O) groups excluding carboxylic acids is 3. The lowest BCUT2D eigenvalue weighted by Crippen LogP contribution is -2.30. The van der Waals surface area contributed by atoms with Gasteiger partial charge in [0, 0.05) is 19.3 Å². The number of hydrogen-bond acceptors (Lipinski definition) is 6. The van der Waals surface area contributed by atoms with Crippen molar-refractivity contribution in [2.75, 3.05) is 13.2 Å². The van der Waals surface area contributed by atoms with Crippen LogP contribution in [0.3, 0.4) is 0 Å². The van der Waals surface area contributed by atoms with Crippen LogP contribution in [0.2, 0.25) is 0 Å². The normalized spacial score (nSPS) is 11.8. The molecule has 6 heteroatoms. The van der Waals surface area contributed by atoms with Crippen molar-refractivity contribution >= 4 is 17.9 Å². The topological polar surface area (TPSA) is 78.9 Å². The van der Waals surface area contributed by atoms with Crippen LogP contribution >= 0.6 is 0 Å². The zero-order valence-electron chi connectivity index (χ0n) is 40.8. The minimum absolute atomic E-state index is 0.0633. The van der Waals surface area contributed by atoms with Gasteiger partial charge in [-0.05, 0) is 19.3 Å². The molecular weight excluding hydrogens is 745 g/mol. The lowest BCUT2D eigenvalue weighted by molar-refractivity contribution is -0.167. The number of rotatable bonds is 50. The first-order valence-corrected chi connectivity index (χ1v) is 27.0. The molecule has 0 aromatic carbocycles. The van der Waals surface area contributed by atoms with E-state index in [-0.39, 0.29) is 31.1 Å². The Hall–Kier alpha value is -1.59. The van der Waals surface area contributed by atoms with E-state index in [1.807, 2.05) is 0 Å². The molecule has 0 aliphatic carbocycles. The van der Waals surface area contributed by atoms with Crippen LogP contribution in [0.4, 0.5) is 0 Å². The fourth-order valence-electron chi connectivity index (χ4n) is 8.27. The van der Waals surface area contributed by atoms with Gasteiger partial charge >= 0.3 is 17.9 Å². The van der Waals surface area contributed by atoms with Gasteiger partial charge in [-0.3, -0.25) is 14.4 Å². The quantitative estimate of drug-likeness (QED) is 0.0345. The SMILES string of the molecule is CCCCCCCCCCCCCCCCCCCCCCCCCCCC(=O)OCC(COC(=O)CCCCCCC)OC(=O)CCCCCCCCCCCCCC. The maximum absolute atomic E-state index is 12.7. The second-order valence-corrected chi connectivity index (χ2v) is 18.5. The van der Waals surface area contributed by atoms with E-state index in [1.165, 1.54) is 205 Å². The molecule has 0 heterocycles. The first kappa shape index (κ1) is 58.4. The number of hydrogen-bond donors (Lipinski definition) is 0. The van der Waals surface area contributed by atoms with Crippen LogP contribution in [-0.4, -0.2) is 37.2 Å². The predicted octanol–water partition coefficient (Wildman–Crippen LogP) is 17.6. The van der Waals surface area contributed by atoms with Gasteiger partial charge in [-0.25, -0.2) is 0 Å². The predicted molar refractivity (Wildman–Crippen MR) is 257 cm³/mol. The summed E-state index contributed by atoms with van der Waals surface area (Å²) in [6.07, 6.45) is 54.3. The summed E-state index contributed by atoms with van der Waals surface area (Å²) in [5.74, 6) is -0.859. The molecule has 6 nitrogen and oxygen atoms in total. The standard InChI is InChI=1S/C54H104O6/c1-4-7-10-13-15-17-19-21-22-23-24-25-26-27-28-29-30-31-32-33-35-36-38-41-44-47-53(56)59-50-51(49-58-52(55)46-43-40-12-9-6-3)60-54(57)48-45-42-39-37-34-20-18-16-14-11-8-5-2/h51H,4-50H2,1-3H3. The van der Waals surface area contributed by atoms with E-state index in [2.05, 4.69) is 20.8 Å². The Morgan fingerprint density at radius 1 is 0.267 bits per heavy atom. The lowest BCUT2D eigenvalue weighted by atomic mass is 10.0. The highest BCUT2D eigenvalue weighted by Gasteiger charge is 2.19. The highest BCUT2D eigenvalue weighted by molar-refractivity contribution is 5.71. The zero-order chi connectivity index (χ0) is 43.7. The Kier molecular flexibility index (Phi) is 48.7. The monoisotopic (exact) mass is 849 g/mol. The van der Waals surface area contributed by atoms with Crippen molar-refractivity contribution in [3.63, 3.8) is 0 Å². The van der Waals surface area contributed by atoms with Gasteiger partial charge in [0.1, 0.15) is 13.2 Å². The van der Waals surface area contributed by atoms with Crippen LogP contribution in [0.5, 0.6) is 0 Å². The summed E-state index contributed by atoms with van der Waals surface area (Å²) in [6.45, 7) is 6.60. The Balaban J connectivity index is 3.95. The Morgan fingerprint density at radius 2 is 0.450 bits per heavy atom. The van der Waals surface area contributed by atoms with Crippen LogP contribution in [0.25, 0.3) is 0 Å². The van der Waals surface area contributed by atoms with E-state index in [0.29, 0.717) is 19.3 Å². The largest absolute Gasteiger partial charge is 0.462 e. The molecule has 0 spiro atoms. The van der Waals surface area contributed by atoms with Crippen LogP contribution in [0.1, 0.15) is 310 Å². The average Bonchev–Trinajstić information content (AvgIpc) is 3.24. The molecule has 0 radical (unpaired) electrons. The molecule has 0 aliphatic heterocycles. The molecule has 0 aliphatic rings. The molecule has 0 bridgehead atoms. The average molecular weight is 849 g/mol. The minimum atomic E-state index is -0.758. The Morgan fingerprint density at radius 3 is 0.667 bits per heavy atom. The second-order valence-electron chi connectivity index (χ2n) is 18.5. The van der Waals surface area contributed by atoms with Crippen molar-refractivity contribution in [2.45, 2.75) is 316 Å². The summed E-state index contributed by atoms with van der Waals surface area (Å²) < 4.78 is 16.7. The summed E-state index contributed by atoms with van der Waals surface area (Å²) in [5.41, 5.74) is 0. The summed E-state index contributed by atoms with van der Waals surface area (Å²) in [6, 6.07) is 0. The number of esters is 3. The smallest absolute Gasteiger partial charge is 0.306 e. The molecule has 0 rings (SSSR count). The van der Waals surface area contributed by atoms with Crippen molar-refractivity contribution in [3.05, 3.63) is 0 Å².